The van der Waals surface area contributed by atoms with Crippen molar-refractivity contribution in [3.05, 3.63) is 50.4 Å². The molecule has 0 fully saturated rings. The highest BCUT2D eigenvalue weighted by Gasteiger charge is 2.36. The fraction of sp³-hybridized carbons (Fsp3) is 0.167. The fourth-order valence-electron chi connectivity index (χ4n) is 2.95. The second kappa shape index (κ2) is 7.40. The van der Waals surface area contributed by atoms with Gasteiger partial charge in [-0.2, -0.15) is 0 Å². The summed E-state index contributed by atoms with van der Waals surface area (Å²) in [6, 6.07) is 8.57. The number of rotatable bonds is 4. The minimum atomic E-state index is -1.12. The number of anilines is 1. The van der Waals surface area contributed by atoms with Gasteiger partial charge in [-0.15, -0.1) is 11.3 Å². The summed E-state index contributed by atoms with van der Waals surface area (Å²) in [7, 11) is 0. The van der Waals surface area contributed by atoms with E-state index in [0.717, 1.165) is 0 Å². The summed E-state index contributed by atoms with van der Waals surface area (Å²) in [5.74, 6) is -1.12. The number of nitrogens with zero attached hydrogens (tertiary/aromatic N) is 2. The van der Waals surface area contributed by atoms with Gasteiger partial charge in [0.15, 0.2) is 6.10 Å². The number of carboxylic acid groups (broad SMARTS) is 1. The number of benzene rings is 2. The van der Waals surface area contributed by atoms with Crippen molar-refractivity contribution in [2.45, 2.75) is 19.1 Å². The minimum absolute atomic E-state index is 0.139. The number of aliphatic carboxylic acids is 1. The van der Waals surface area contributed by atoms with Crippen LogP contribution in [0.1, 0.15) is 11.4 Å². The van der Waals surface area contributed by atoms with Gasteiger partial charge in [-0.1, -0.05) is 46.9 Å². The first-order valence-corrected chi connectivity index (χ1v) is 10.0. The van der Waals surface area contributed by atoms with E-state index in [-0.39, 0.29) is 11.6 Å². The average molecular weight is 458 g/mol. The molecule has 1 amide bonds. The van der Waals surface area contributed by atoms with Crippen LogP contribution in [0.5, 0.6) is 5.75 Å². The van der Waals surface area contributed by atoms with Gasteiger partial charge in [0.2, 0.25) is 0 Å². The lowest BCUT2D eigenvalue weighted by molar-refractivity contribution is -0.142. The normalized spacial score (nSPS) is 16.2. The SMILES string of the molecule is O=C(O)CC1Oc2ccccc2N(Cc2nc3cc(Cl)c(Cl)c(Cl)c3s2)C1=O. The summed E-state index contributed by atoms with van der Waals surface area (Å²) < 4.78 is 6.26. The van der Waals surface area contributed by atoms with Gasteiger partial charge in [-0.3, -0.25) is 14.5 Å². The number of amides is 1. The number of aromatic nitrogens is 1. The number of hydrogen-bond acceptors (Lipinski definition) is 5. The molecule has 0 saturated heterocycles. The Bertz CT molecular complexity index is 1120. The van der Waals surface area contributed by atoms with Crippen LogP contribution < -0.4 is 9.64 Å². The lowest BCUT2D eigenvalue weighted by atomic mass is 10.1. The molecule has 1 aliphatic rings. The number of carbonyl (C=O) groups excluding carboxylic acids is 1. The van der Waals surface area contributed by atoms with Gasteiger partial charge in [0, 0.05) is 0 Å². The van der Waals surface area contributed by atoms with Crippen molar-refractivity contribution in [2.24, 2.45) is 0 Å². The summed E-state index contributed by atoms with van der Waals surface area (Å²) in [5, 5.41) is 10.5. The van der Waals surface area contributed by atoms with Crippen molar-refractivity contribution in [3.8, 4) is 5.75 Å². The van der Waals surface area contributed by atoms with Crippen molar-refractivity contribution in [2.75, 3.05) is 4.90 Å². The van der Waals surface area contributed by atoms with Crippen LogP contribution >= 0.6 is 46.1 Å². The standard InChI is InChI=1S/C18H11Cl3N2O4S/c19-8-5-9-17(16(21)15(8)20)28-13(22-9)7-23-10-3-1-2-4-11(10)27-12(18(23)26)6-14(24)25/h1-5,12H,6-7H2,(H,24,25). The smallest absolute Gasteiger partial charge is 0.307 e. The predicted octanol–water partition coefficient (Wildman–Crippen LogP) is 5.03. The zero-order valence-electron chi connectivity index (χ0n) is 14.0. The molecular weight excluding hydrogens is 447 g/mol. The van der Waals surface area contributed by atoms with Crippen LogP contribution in [0.15, 0.2) is 30.3 Å². The van der Waals surface area contributed by atoms with E-state index in [9.17, 15) is 9.59 Å². The van der Waals surface area contributed by atoms with Gasteiger partial charge < -0.3 is 9.84 Å². The van der Waals surface area contributed by atoms with Crippen molar-refractivity contribution < 1.29 is 19.4 Å². The molecule has 1 N–H and O–H groups in total. The molecule has 4 rings (SSSR count). The van der Waals surface area contributed by atoms with Crippen LogP contribution in [0, 0.1) is 0 Å². The van der Waals surface area contributed by atoms with Crippen molar-refractivity contribution in [3.63, 3.8) is 0 Å². The highest BCUT2D eigenvalue weighted by atomic mass is 35.5. The van der Waals surface area contributed by atoms with E-state index < -0.39 is 24.4 Å². The van der Waals surface area contributed by atoms with Crippen molar-refractivity contribution >= 4 is 73.9 Å². The Morgan fingerprint density at radius 2 is 2.00 bits per heavy atom. The van der Waals surface area contributed by atoms with Crippen molar-refractivity contribution in [1.82, 2.24) is 4.98 Å². The topological polar surface area (TPSA) is 79.7 Å². The second-order valence-electron chi connectivity index (χ2n) is 6.04. The Hall–Kier alpha value is -2.06. The van der Waals surface area contributed by atoms with Crippen LogP contribution in [-0.2, 0) is 16.1 Å². The largest absolute Gasteiger partial charge is 0.481 e. The third-order valence-electron chi connectivity index (χ3n) is 4.18. The molecular formula is C18H11Cl3N2O4S. The maximum atomic E-state index is 12.9. The first-order valence-electron chi connectivity index (χ1n) is 8.07. The fourth-order valence-corrected chi connectivity index (χ4v) is 4.69. The quantitative estimate of drug-likeness (QED) is 0.556. The molecule has 1 aliphatic heterocycles. The first-order chi connectivity index (χ1) is 13.3. The summed E-state index contributed by atoms with van der Waals surface area (Å²) >= 11 is 19.7. The molecule has 10 heteroatoms. The molecule has 0 saturated carbocycles. The van der Waals surface area contributed by atoms with Crippen LogP contribution in [0.2, 0.25) is 15.1 Å². The van der Waals surface area contributed by atoms with E-state index in [1.165, 1.54) is 16.2 Å². The van der Waals surface area contributed by atoms with E-state index in [4.69, 9.17) is 44.6 Å². The highest BCUT2D eigenvalue weighted by Crippen LogP contribution is 2.41. The molecule has 1 aromatic heterocycles. The Morgan fingerprint density at radius 3 is 2.75 bits per heavy atom. The van der Waals surface area contributed by atoms with Crippen LogP contribution in [0.4, 0.5) is 5.69 Å². The number of hydrogen-bond donors (Lipinski definition) is 1. The molecule has 0 aliphatic carbocycles. The monoisotopic (exact) mass is 456 g/mol. The number of carbonyl (C=O) groups is 2. The highest BCUT2D eigenvalue weighted by molar-refractivity contribution is 7.19. The predicted molar refractivity (Wildman–Crippen MR) is 109 cm³/mol. The number of fused-ring (bicyclic) bond motifs is 2. The van der Waals surface area contributed by atoms with Gasteiger partial charge in [0.25, 0.3) is 5.91 Å². The van der Waals surface area contributed by atoms with Crippen LogP contribution in [0.25, 0.3) is 10.2 Å². The second-order valence-corrected chi connectivity index (χ2v) is 8.29. The van der Waals surface area contributed by atoms with Gasteiger partial charge in [-0.05, 0) is 18.2 Å². The molecule has 28 heavy (non-hydrogen) atoms. The van der Waals surface area contributed by atoms with Crippen LogP contribution in [0.3, 0.4) is 0 Å². The molecule has 2 aromatic carbocycles. The molecule has 0 radical (unpaired) electrons. The number of thiazole rings is 1. The molecule has 0 spiro atoms. The minimum Gasteiger partial charge on any atom is -0.481 e. The molecule has 3 aromatic rings. The third kappa shape index (κ3) is 3.39. The van der Waals surface area contributed by atoms with E-state index in [0.29, 0.717) is 36.7 Å². The Labute approximate surface area is 178 Å². The first kappa shape index (κ1) is 19.3. The van der Waals surface area contributed by atoms with E-state index in [1.54, 1.807) is 30.3 Å². The number of ether oxygens (including phenoxy) is 1. The van der Waals surface area contributed by atoms with Crippen molar-refractivity contribution in [1.29, 1.82) is 0 Å². The number of carboxylic acids is 1. The van der Waals surface area contributed by atoms with Gasteiger partial charge in [0.1, 0.15) is 10.8 Å². The van der Waals surface area contributed by atoms with Crippen LogP contribution in [-0.4, -0.2) is 28.1 Å². The maximum Gasteiger partial charge on any atom is 0.307 e. The Kier molecular flexibility index (Phi) is 5.09. The average Bonchev–Trinajstić information content (AvgIpc) is 3.05. The third-order valence-corrected chi connectivity index (χ3v) is 6.63. The van der Waals surface area contributed by atoms with Gasteiger partial charge in [-0.25, -0.2) is 4.98 Å². The zero-order valence-corrected chi connectivity index (χ0v) is 17.1. The Balaban J connectivity index is 1.73. The summed E-state index contributed by atoms with van der Waals surface area (Å²) in [6.07, 6.45) is -1.53. The zero-order chi connectivity index (χ0) is 20.0. The molecule has 0 bridgehead atoms. The Morgan fingerprint density at radius 1 is 1.25 bits per heavy atom. The molecule has 144 valence electrons. The van der Waals surface area contributed by atoms with E-state index in [2.05, 4.69) is 4.98 Å². The van der Waals surface area contributed by atoms with Gasteiger partial charge >= 0.3 is 5.97 Å². The number of para-hydroxylation sites is 2. The molecule has 6 nitrogen and oxygen atoms in total. The summed E-state index contributed by atoms with van der Waals surface area (Å²) in [4.78, 5) is 29.9. The molecule has 2 heterocycles. The molecule has 1 unspecified atom stereocenters. The van der Waals surface area contributed by atoms with E-state index >= 15 is 0 Å². The van der Waals surface area contributed by atoms with Gasteiger partial charge in [0.05, 0.1) is 43.9 Å². The lowest BCUT2D eigenvalue weighted by Gasteiger charge is -2.33. The summed E-state index contributed by atoms with van der Waals surface area (Å²) in [6.45, 7) is 0.139. The summed E-state index contributed by atoms with van der Waals surface area (Å²) in [5.41, 5.74) is 1.13. The molecule has 1 atom stereocenters. The lowest BCUT2D eigenvalue weighted by Crippen LogP contribution is -2.46. The maximum absolute atomic E-state index is 12.9. The number of halogens is 3. The van der Waals surface area contributed by atoms with E-state index in [1.807, 2.05) is 0 Å².